The Morgan fingerprint density at radius 2 is 2.05 bits per heavy atom. The number of nitrogens with zero attached hydrogens (tertiary/aromatic N) is 3. The molecular weight excluding hydrogens is 357 g/mol. The van der Waals surface area contributed by atoms with Crippen molar-refractivity contribution in [2.24, 2.45) is 0 Å². The van der Waals surface area contributed by atoms with Gasteiger partial charge in [-0.15, -0.1) is 11.6 Å². The van der Waals surface area contributed by atoms with Gasteiger partial charge in [0.25, 0.3) is 0 Å². The monoisotopic (exact) mass is 375 g/mol. The number of imidazole rings is 1. The summed E-state index contributed by atoms with van der Waals surface area (Å²) in [7, 11) is 0. The number of likely N-dealkylation sites (N-methyl/N-ethyl adjacent to an activating group) is 1. The lowest BCUT2D eigenvalue weighted by atomic mass is 10.2. The number of aromatic nitrogens is 2. The number of halogens is 3. The van der Waals surface area contributed by atoms with Crippen LogP contribution in [0.3, 0.4) is 0 Å². The zero-order valence-corrected chi connectivity index (χ0v) is 14.9. The fourth-order valence-electron chi connectivity index (χ4n) is 2.66. The standard InChI is InChI=1S/C15H20BrClFN3/c1-4-20(5-2)9-10(3)21-14-6-11(16)12(18)7-13(14)19-15(21)8-17/h6-7,10H,4-5,8-9H2,1-3H3. The van der Waals surface area contributed by atoms with Gasteiger partial charge in [0.2, 0.25) is 0 Å². The van der Waals surface area contributed by atoms with Crippen LogP contribution in [0.25, 0.3) is 11.0 Å². The van der Waals surface area contributed by atoms with Gasteiger partial charge < -0.3 is 9.47 Å². The molecule has 0 amide bonds. The number of alkyl halides is 1. The Morgan fingerprint density at radius 1 is 1.38 bits per heavy atom. The molecule has 0 N–H and O–H groups in total. The van der Waals surface area contributed by atoms with Crippen LogP contribution in [0.15, 0.2) is 16.6 Å². The number of benzene rings is 1. The number of hydrogen-bond acceptors (Lipinski definition) is 2. The molecule has 1 atom stereocenters. The molecule has 0 saturated heterocycles. The van der Waals surface area contributed by atoms with Gasteiger partial charge in [0.05, 0.1) is 21.4 Å². The van der Waals surface area contributed by atoms with E-state index in [-0.39, 0.29) is 11.9 Å². The minimum absolute atomic E-state index is 0.223. The molecule has 0 aliphatic heterocycles. The molecule has 1 unspecified atom stereocenters. The highest BCUT2D eigenvalue weighted by Gasteiger charge is 2.18. The van der Waals surface area contributed by atoms with Crippen molar-refractivity contribution in [1.29, 1.82) is 0 Å². The van der Waals surface area contributed by atoms with Gasteiger partial charge in [-0.2, -0.15) is 0 Å². The molecule has 6 heteroatoms. The largest absolute Gasteiger partial charge is 0.323 e. The summed E-state index contributed by atoms with van der Waals surface area (Å²) in [5.41, 5.74) is 1.57. The van der Waals surface area contributed by atoms with E-state index in [2.05, 4.69) is 51.2 Å². The van der Waals surface area contributed by atoms with Crippen LogP contribution in [-0.2, 0) is 5.88 Å². The molecule has 21 heavy (non-hydrogen) atoms. The predicted molar refractivity (Wildman–Crippen MR) is 89.4 cm³/mol. The average Bonchev–Trinajstić information content (AvgIpc) is 2.82. The molecule has 1 heterocycles. The molecule has 1 aromatic carbocycles. The molecule has 1 aromatic heterocycles. The maximum atomic E-state index is 13.7. The number of fused-ring (bicyclic) bond motifs is 1. The summed E-state index contributed by atoms with van der Waals surface area (Å²) in [6.07, 6.45) is 0. The van der Waals surface area contributed by atoms with Gasteiger partial charge in [0, 0.05) is 18.7 Å². The lowest BCUT2D eigenvalue weighted by Gasteiger charge is -2.25. The Kier molecular flexibility index (Phi) is 5.63. The molecule has 3 nitrogen and oxygen atoms in total. The average molecular weight is 377 g/mol. The summed E-state index contributed by atoms with van der Waals surface area (Å²) in [6.45, 7) is 9.36. The second-order valence-electron chi connectivity index (χ2n) is 5.12. The summed E-state index contributed by atoms with van der Waals surface area (Å²) in [5.74, 6) is 0.796. The molecule has 0 bridgehead atoms. The molecule has 0 aliphatic carbocycles. The molecule has 0 saturated carbocycles. The van der Waals surface area contributed by atoms with E-state index in [4.69, 9.17) is 11.6 Å². The molecule has 0 radical (unpaired) electrons. The summed E-state index contributed by atoms with van der Waals surface area (Å²) in [5, 5.41) is 0. The van der Waals surface area contributed by atoms with Crippen molar-refractivity contribution in [2.45, 2.75) is 32.7 Å². The van der Waals surface area contributed by atoms with Crippen LogP contribution in [0.1, 0.15) is 32.6 Å². The van der Waals surface area contributed by atoms with Crippen molar-refractivity contribution in [3.8, 4) is 0 Å². The van der Waals surface area contributed by atoms with Gasteiger partial charge in [0.1, 0.15) is 11.6 Å². The fourth-order valence-corrected chi connectivity index (χ4v) is 3.18. The normalized spacial score (nSPS) is 13.3. The molecule has 2 rings (SSSR count). The van der Waals surface area contributed by atoms with Crippen molar-refractivity contribution < 1.29 is 4.39 Å². The van der Waals surface area contributed by atoms with E-state index in [0.29, 0.717) is 15.9 Å². The first kappa shape index (κ1) is 16.7. The smallest absolute Gasteiger partial charge is 0.139 e. The van der Waals surface area contributed by atoms with Crippen molar-refractivity contribution in [1.82, 2.24) is 14.5 Å². The minimum atomic E-state index is -0.301. The molecule has 0 spiro atoms. The van der Waals surface area contributed by atoms with Gasteiger partial charge in [0.15, 0.2) is 0 Å². The third-order valence-corrected chi connectivity index (χ3v) is 4.63. The highest BCUT2D eigenvalue weighted by molar-refractivity contribution is 9.10. The Balaban J connectivity index is 2.47. The van der Waals surface area contributed by atoms with E-state index >= 15 is 0 Å². The van der Waals surface area contributed by atoms with Gasteiger partial charge >= 0.3 is 0 Å². The zero-order valence-electron chi connectivity index (χ0n) is 12.5. The summed E-state index contributed by atoms with van der Waals surface area (Å²) in [6, 6.07) is 3.46. The van der Waals surface area contributed by atoms with Gasteiger partial charge in [-0.1, -0.05) is 13.8 Å². The van der Waals surface area contributed by atoms with Crippen LogP contribution < -0.4 is 0 Å². The first-order chi connectivity index (χ1) is 10.0. The minimum Gasteiger partial charge on any atom is -0.323 e. The maximum Gasteiger partial charge on any atom is 0.139 e. The molecule has 2 aromatic rings. The fraction of sp³-hybridized carbons (Fsp3) is 0.533. The van der Waals surface area contributed by atoms with Gasteiger partial charge in [-0.25, -0.2) is 9.37 Å². The van der Waals surface area contributed by atoms with Gasteiger partial charge in [-0.3, -0.25) is 0 Å². The summed E-state index contributed by atoms with van der Waals surface area (Å²) in [4.78, 5) is 6.82. The SMILES string of the molecule is CCN(CC)CC(C)n1c(CCl)nc2cc(F)c(Br)cc21. The van der Waals surface area contributed by atoms with Crippen molar-refractivity contribution in [3.63, 3.8) is 0 Å². The second kappa shape index (κ2) is 7.07. The number of hydrogen-bond donors (Lipinski definition) is 0. The first-order valence-electron chi connectivity index (χ1n) is 7.15. The van der Waals surface area contributed by atoms with E-state index in [9.17, 15) is 4.39 Å². The Bertz CT molecular complexity index is 625. The van der Waals surface area contributed by atoms with Crippen molar-refractivity contribution >= 4 is 38.6 Å². The summed E-state index contributed by atoms with van der Waals surface area (Å²) < 4.78 is 16.2. The quantitative estimate of drug-likeness (QED) is 0.688. The maximum absolute atomic E-state index is 13.7. The van der Waals surface area contributed by atoms with Crippen molar-refractivity contribution in [2.75, 3.05) is 19.6 Å². The highest BCUT2D eigenvalue weighted by Crippen LogP contribution is 2.27. The topological polar surface area (TPSA) is 21.1 Å². The Hall–Kier alpha value is -0.650. The van der Waals surface area contributed by atoms with E-state index < -0.39 is 0 Å². The van der Waals surface area contributed by atoms with Crippen LogP contribution in [0.2, 0.25) is 0 Å². The van der Waals surface area contributed by atoms with E-state index in [0.717, 1.165) is 31.0 Å². The van der Waals surface area contributed by atoms with Gasteiger partial charge in [-0.05, 0) is 42.0 Å². The van der Waals surface area contributed by atoms with Crippen LogP contribution in [0, 0.1) is 5.82 Å². The summed E-state index contributed by atoms with van der Waals surface area (Å²) >= 11 is 9.28. The molecule has 0 aliphatic rings. The Labute approximate surface area is 138 Å². The number of rotatable bonds is 6. The van der Waals surface area contributed by atoms with Crippen LogP contribution in [0.5, 0.6) is 0 Å². The van der Waals surface area contributed by atoms with E-state index in [1.807, 2.05) is 0 Å². The predicted octanol–water partition coefficient (Wildman–Crippen LogP) is 4.58. The van der Waals surface area contributed by atoms with Crippen LogP contribution >= 0.6 is 27.5 Å². The Morgan fingerprint density at radius 3 is 2.62 bits per heavy atom. The third kappa shape index (κ3) is 3.41. The lowest BCUT2D eigenvalue weighted by Crippen LogP contribution is -2.30. The highest BCUT2D eigenvalue weighted by atomic mass is 79.9. The van der Waals surface area contributed by atoms with E-state index in [1.165, 1.54) is 6.07 Å². The van der Waals surface area contributed by atoms with Crippen LogP contribution in [-0.4, -0.2) is 34.1 Å². The molecule has 116 valence electrons. The lowest BCUT2D eigenvalue weighted by molar-refractivity contribution is 0.261. The zero-order chi connectivity index (χ0) is 15.6. The van der Waals surface area contributed by atoms with Crippen molar-refractivity contribution in [3.05, 3.63) is 28.2 Å². The van der Waals surface area contributed by atoms with Crippen LogP contribution in [0.4, 0.5) is 4.39 Å². The third-order valence-electron chi connectivity index (χ3n) is 3.78. The second-order valence-corrected chi connectivity index (χ2v) is 6.24. The van der Waals surface area contributed by atoms with E-state index in [1.54, 1.807) is 6.07 Å². The first-order valence-corrected chi connectivity index (χ1v) is 8.48. The molecular formula is C15H20BrClFN3. The molecule has 0 fully saturated rings.